The molecule has 2 amide bonds. The monoisotopic (exact) mass is 392 g/mol. The number of nitrogens with zero attached hydrogens (tertiary/aromatic N) is 2. The van der Waals surface area contributed by atoms with Crippen LogP contribution in [-0.4, -0.2) is 17.9 Å². The quantitative estimate of drug-likeness (QED) is 0.552. The number of carbonyl (C=O) groups is 2. The van der Waals surface area contributed by atoms with Crippen LogP contribution in [0.5, 0.6) is 0 Å². The lowest BCUT2D eigenvalue weighted by molar-refractivity contribution is -0.119. The number of hydrogen-bond acceptors (Lipinski definition) is 2. The molecule has 0 aliphatic carbocycles. The zero-order valence-corrected chi connectivity index (χ0v) is 17.8. The van der Waals surface area contributed by atoms with E-state index in [-0.39, 0.29) is 23.9 Å². The Labute approximate surface area is 174 Å². The Morgan fingerprint density at radius 3 is 2.38 bits per heavy atom. The first-order valence-electron chi connectivity index (χ1n) is 10.8. The second-order valence-corrected chi connectivity index (χ2v) is 7.96. The molecule has 2 aromatic rings. The predicted octanol–water partition coefficient (Wildman–Crippen LogP) is 5.88. The molecular weight excluding hydrogens is 360 g/mol. The average Bonchev–Trinajstić information content (AvgIpc) is 2.72. The Balaban J connectivity index is 1.92. The lowest BCUT2D eigenvalue weighted by Gasteiger charge is -2.43. The Kier molecular flexibility index (Phi) is 7.08. The van der Waals surface area contributed by atoms with Crippen molar-refractivity contribution < 1.29 is 9.59 Å². The molecule has 1 aliphatic heterocycles. The van der Waals surface area contributed by atoms with Gasteiger partial charge in [-0.05, 0) is 43.5 Å². The number of hydrogen-bond donors (Lipinski definition) is 0. The Morgan fingerprint density at radius 2 is 1.69 bits per heavy atom. The summed E-state index contributed by atoms with van der Waals surface area (Å²) in [4.78, 5) is 29.5. The van der Waals surface area contributed by atoms with E-state index in [0.29, 0.717) is 6.42 Å². The third-order valence-corrected chi connectivity index (χ3v) is 5.76. The third-order valence-electron chi connectivity index (χ3n) is 5.76. The molecule has 0 radical (unpaired) electrons. The highest BCUT2D eigenvalue weighted by molar-refractivity contribution is 5.97. The van der Waals surface area contributed by atoms with Gasteiger partial charge in [0.1, 0.15) is 0 Å². The lowest BCUT2D eigenvalue weighted by Crippen LogP contribution is -2.47. The Morgan fingerprint density at radius 1 is 1.00 bits per heavy atom. The molecule has 0 unspecified atom stereocenters. The van der Waals surface area contributed by atoms with Crippen molar-refractivity contribution in [1.29, 1.82) is 0 Å². The van der Waals surface area contributed by atoms with Gasteiger partial charge in [0.05, 0.1) is 6.04 Å². The first kappa shape index (κ1) is 21.1. The number of carbonyl (C=O) groups excluding carboxylic acids is 2. The van der Waals surface area contributed by atoms with Crippen LogP contribution in [0.3, 0.4) is 0 Å². The standard InChI is InChI=1S/C25H32N2O2/c1-4-5-6-10-17-25(29)26-19(2)18-24(22-15-11-12-16-23(22)26)27(20(3)28)21-13-8-7-9-14-21/h7-9,11-16,19,24H,4-6,10,17-18H2,1-3H3/t19-,24-/m0/s1. The summed E-state index contributed by atoms with van der Waals surface area (Å²) in [6, 6.07) is 17.8. The molecule has 2 aromatic carbocycles. The van der Waals surface area contributed by atoms with Crippen molar-refractivity contribution in [2.75, 3.05) is 9.80 Å². The second-order valence-electron chi connectivity index (χ2n) is 7.96. The predicted molar refractivity (Wildman–Crippen MR) is 119 cm³/mol. The van der Waals surface area contributed by atoms with Crippen LogP contribution in [0, 0.1) is 0 Å². The van der Waals surface area contributed by atoms with Gasteiger partial charge < -0.3 is 9.80 Å². The van der Waals surface area contributed by atoms with Crippen LogP contribution in [-0.2, 0) is 9.59 Å². The zero-order chi connectivity index (χ0) is 20.8. The summed E-state index contributed by atoms with van der Waals surface area (Å²) in [5.74, 6) is 0.205. The molecule has 3 rings (SSSR count). The largest absolute Gasteiger partial charge is 0.309 e. The van der Waals surface area contributed by atoms with Crippen molar-refractivity contribution in [1.82, 2.24) is 0 Å². The van der Waals surface area contributed by atoms with Crippen LogP contribution in [0.25, 0.3) is 0 Å². The first-order chi connectivity index (χ1) is 14.0. The highest BCUT2D eigenvalue weighted by Crippen LogP contribution is 2.42. The maximum atomic E-state index is 13.1. The Hall–Kier alpha value is -2.62. The van der Waals surface area contributed by atoms with E-state index in [1.807, 2.05) is 58.3 Å². The number of unbranched alkanes of at least 4 members (excludes halogenated alkanes) is 3. The molecule has 4 heteroatoms. The number of para-hydroxylation sites is 2. The van der Waals surface area contributed by atoms with E-state index in [0.717, 1.165) is 36.2 Å². The summed E-state index contributed by atoms with van der Waals surface area (Å²) in [6.45, 7) is 5.89. The second kappa shape index (κ2) is 9.73. The summed E-state index contributed by atoms with van der Waals surface area (Å²) in [5, 5.41) is 0. The van der Waals surface area contributed by atoms with E-state index in [9.17, 15) is 9.59 Å². The maximum absolute atomic E-state index is 13.1. The van der Waals surface area contributed by atoms with Crippen LogP contribution < -0.4 is 9.80 Å². The minimum Gasteiger partial charge on any atom is -0.309 e. The normalized spacial score (nSPS) is 18.2. The number of benzene rings is 2. The van der Waals surface area contributed by atoms with Crippen molar-refractivity contribution in [3.63, 3.8) is 0 Å². The third kappa shape index (κ3) is 4.69. The maximum Gasteiger partial charge on any atom is 0.227 e. The molecule has 29 heavy (non-hydrogen) atoms. The number of amides is 2. The summed E-state index contributed by atoms with van der Waals surface area (Å²) < 4.78 is 0. The van der Waals surface area contributed by atoms with E-state index in [2.05, 4.69) is 19.9 Å². The molecule has 0 N–H and O–H groups in total. The fraction of sp³-hybridized carbons (Fsp3) is 0.440. The minimum atomic E-state index is -0.0785. The van der Waals surface area contributed by atoms with E-state index >= 15 is 0 Å². The van der Waals surface area contributed by atoms with Crippen molar-refractivity contribution in [2.24, 2.45) is 0 Å². The van der Waals surface area contributed by atoms with E-state index < -0.39 is 0 Å². The van der Waals surface area contributed by atoms with Gasteiger partial charge in [-0.25, -0.2) is 0 Å². The molecule has 1 aliphatic rings. The van der Waals surface area contributed by atoms with Gasteiger partial charge >= 0.3 is 0 Å². The highest BCUT2D eigenvalue weighted by atomic mass is 16.2. The first-order valence-corrected chi connectivity index (χ1v) is 10.8. The molecule has 0 saturated heterocycles. The van der Waals surface area contributed by atoms with Crippen LogP contribution in [0.2, 0.25) is 0 Å². The smallest absolute Gasteiger partial charge is 0.227 e. The summed E-state index contributed by atoms with van der Waals surface area (Å²) in [5.41, 5.74) is 2.89. The molecular formula is C25H32N2O2. The molecule has 154 valence electrons. The molecule has 0 spiro atoms. The van der Waals surface area contributed by atoms with Gasteiger partial charge in [-0.2, -0.15) is 0 Å². The van der Waals surface area contributed by atoms with Gasteiger partial charge in [0.15, 0.2) is 0 Å². The van der Waals surface area contributed by atoms with Gasteiger partial charge in [0.2, 0.25) is 11.8 Å². The lowest BCUT2D eigenvalue weighted by atomic mass is 9.89. The van der Waals surface area contributed by atoms with Gasteiger partial charge in [-0.15, -0.1) is 0 Å². The van der Waals surface area contributed by atoms with Crippen molar-refractivity contribution >= 4 is 23.2 Å². The van der Waals surface area contributed by atoms with Crippen LogP contribution in [0.4, 0.5) is 11.4 Å². The highest BCUT2D eigenvalue weighted by Gasteiger charge is 2.37. The zero-order valence-electron chi connectivity index (χ0n) is 17.8. The molecule has 0 fully saturated rings. The molecule has 0 bridgehead atoms. The van der Waals surface area contributed by atoms with Crippen LogP contribution >= 0.6 is 0 Å². The molecule has 0 saturated carbocycles. The Bertz CT molecular complexity index is 834. The van der Waals surface area contributed by atoms with Gasteiger partial charge in [-0.3, -0.25) is 9.59 Å². The molecule has 1 heterocycles. The van der Waals surface area contributed by atoms with Crippen LogP contribution in [0.15, 0.2) is 54.6 Å². The van der Waals surface area contributed by atoms with Crippen molar-refractivity contribution in [3.05, 3.63) is 60.2 Å². The number of fused-ring (bicyclic) bond motifs is 1. The van der Waals surface area contributed by atoms with Crippen molar-refractivity contribution in [3.8, 4) is 0 Å². The minimum absolute atomic E-state index is 0.0162. The number of rotatable bonds is 7. The van der Waals surface area contributed by atoms with E-state index in [1.165, 1.54) is 12.8 Å². The SMILES string of the molecule is CCCCCCC(=O)N1c2ccccc2[C@@H](N(C(C)=O)c2ccccc2)C[C@@H]1C. The van der Waals surface area contributed by atoms with Gasteiger partial charge in [-0.1, -0.05) is 62.6 Å². The summed E-state index contributed by atoms with van der Waals surface area (Å²) in [6.07, 6.45) is 5.68. The summed E-state index contributed by atoms with van der Waals surface area (Å²) in [7, 11) is 0. The number of anilines is 2. The van der Waals surface area contributed by atoms with E-state index in [4.69, 9.17) is 0 Å². The van der Waals surface area contributed by atoms with Gasteiger partial charge in [0, 0.05) is 30.8 Å². The molecule has 4 nitrogen and oxygen atoms in total. The molecule has 2 atom stereocenters. The summed E-state index contributed by atoms with van der Waals surface area (Å²) >= 11 is 0. The van der Waals surface area contributed by atoms with Crippen molar-refractivity contribution in [2.45, 2.75) is 71.4 Å². The van der Waals surface area contributed by atoms with E-state index in [1.54, 1.807) is 6.92 Å². The average molecular weight is 393 g/mol. The topological polar surface area (TPSA) is 40.6 Å². The molecule has 0 aromatic heterocycles. The van der Waals surface area contributed by atoms with Crippen LogP contribution in [0.1, 0.15) is 70.9 Å². The van der Waals surface area contributed by atoms with Gasteiger partial charge in [0.25, 0.3) is 0 Å². The fourth-order valence-electron chi connectivity index (χ4n) is 4.40. The fourth-order valence-corrected chi connectivity index (χ4v) is 4.40.